The molecule has 6 nitrogen and oxygen atoms in total. The maximum Gasteiger partial charge on any atom is 0.402 e. The van der Waals surface area contributed by atoms with Crippen LogP contribution in [0.2, 0.25) is 0 Å². The number of hydrogen-bond acceptors (Lipinski definition) is 5. The summed E-state index contributed by atoms with van der Waals surface area (Å²) in [7, 11) is 1.76. The van der Waals surface area contributed by atoms with Crippen molar-refractivity contribution in [1.29, 1.82) is 0 Å². The van der Waals surface area contributed by atoms with Crippen molar-refractivity contribution in [3.63, 3.8) is 0 Å². The number of carbonyl (C=O) groups is 1. The molecule has 1 amide bonds. The standard InChI is InChI=1S/C17H20ClF5N4O2S/c1-26-5-8(4-24-26)10-2-9(6-27(16(10)29)7-13(19)20)25-15(28)12-3-11(18)14(30-12)17(21,22)23/h2,6,8,11-14,24H,3-5,7H2,1H3,(H,25,28). The highest BCUT2D eigenvalue weighted by Crippen LogP contribution is 2.45. The number of carbonyl (C=O) groups excluding carboxylic acids is 1. The van der Waals surface area contributed by atoms with E-state index < -0.39 is 46.5 Å². The van der Waals surface area contributed by atoms with Crippen molar-refractivity contribution in [2.24, 2.45) is 0 Å². The third kappa shape index (κ3) is 5.27. The number of nitrogens with one attached hydrogen (secondary N) is 2. The number of nitrogens with zero attached hydrogens (tertiary/aromatic N) is 2. The van der Waals surface area contributed by atoms with E-state index in [1.54, 1.807) is 12.1 Å². The van der Waals surface area contributed by atoms with Gasteiger partial charge in [0.25, 0.3) is 12.0 Å². The zero-order valence-electron chi connectivity index (χ0n) is 15.8. The molecule has 0 aliphatic carbocycles. The third-order valence-corrected chi connectivity index (χ3v) is 7.15. The molecule has 30 heavy (non-hydrogen) atoms. The van der Waals surface area contributed by atoms with Gasteiger partial charge in [-0.1, -0.05) is 0 Å². The van der Waals surface area contributed by atoms with E-state index >= 15 is 0 Å². The highest BCUT2D eigenvalue weighted by molar-refractivity contribution is 8.01. The van der Waals surface area contributed by atoms with Crippen LogP contribution >= 0.6 is 23.4 Å². The fraction of sp³-hybridized carbons (Fsp3) is 0.647. The molecule has 1 aromatic rings. The number of pyridine rings is 1. The zero-order chi connectivity index (χ0) is 22.2. The maximum atomic E-state index is 13.0. The lowest BCUT2D eigenvalue weighted by atomic mass is 10.0. The van der Waals surface area contributed by atoms with Crippen LogP contribution in [0.4, 0.5) is 27.6 Å². The molecular formula is C17H20ClF5N4O2S. The third-order valence-electron chi connectivity index (χ3n) is 4.95. The minimum Gasteiger partial charge on any atom is -0.324 e. The number of rotatable bonds is 5. The molecule has 3 heterocycles. The van der Waals surface area contributed by atoms with Crippen LogP contribution in [0.1, 0.15) is 17.9 Å². The van der Waals surface area contributed by atoms with Gasteiger partial charge in [-0.15, -0.1) is 23.4 Å². The minimum absolute atomic E-state index is 0.0759. The Morgan fingerprint density at radius 1 is 1.43 bits per heavy atom. The molecule has 3 rings (SSSR count). The Labute approximate surface area is 178 Å². The Kier molecular flexibility index (Phi) is 7.00. The van der Waals surface area contributed by atoms with E-state index in [4.69, 9.17) is 11.6 Å². The van der Waals surface area contributed by atoms with Crippen molar-refractivity contribution in [2.75, 3.05) is 25.5 Å². The zero-order valence-corrected chi connectivity index (χ0v) is 17.3. The molecule has 2 fully saturated rings. The second-order valence-corrected chi connectivity index (χ2v) is 9.21. The van der Waals surface area contributed by atoms with Crippen molar-refractivity contribution in [1.82, 2.24) is 15.0 Å². The van der Waals surface area contributed by atoms with E-state index in [0.29, 0.717) is 24.9 Å². The molecule has 0 bridgehead atoms. The average Bonchev–Trinajstić information content (AvgIpc) is 3.22. The average molecular weight is 475 g/mol. The Bertz CT molecular complexity index is 852. The first-order valence-corrected chi connectivity index (χ1v) is 10.5. The van der Waals surface area contributed by atoms with Crippen molar-refractivity contribution in [2.45, 2.75) is 47.4 Å². The lowest BCUT2D eigenvalue weighted by molar-refractivity contribution is -0.128. The number of hydrazine groups is 1. The predicted octanol–water partition coefficient (Wildman–Crippen LogP) is 2.63. The van der Waals surface area contributed by atoms with Crippen LogP contribution in [0.15, 0.2) is 17.1 Å². The Morgan fingerprint density at radius 3 is 2.67 bits per heavy atom. The van der Waals surface area contributed by atoms with Crippen LogP contribution in [0.3, 0.4) is 0 Å². The molecule has 168 valence electrons. The van der Waals surface area contributed by atoms with Gasteiger partial charge in [0.1, 0.15) is 5.25 Å². The molecule has 4 unspecified atom stereocenters. The Hall–Kier alpha value is -1.37. The number of anilines is 1. The van der Waals surface area contributed by atoms with Gasteiger partial charge < -0.3 is 9.88 Å². The highest BCUT2D eigenvalue weighted by Gasteiger charge is 2.52. The van der Waals surface area contributed by atoms with E-state index in [1.165, 1.54) is 6.07 Å². The number of likely N-dealkylation sites (N-methyl/N-ethyl adjacent to an activating group) is 1. The molecule has 2 aliphatic heterocycles. The van der Waals surface area contributed by atoms with E-state index in [-0.39, 0.29) is 23.6 Å². The summed E-state index contributed by atoms with van der Waals surface area (Å²) in [5, 5.41) is 0.0696. The van der Waals surface area contributed by atoms with E-state index in [9.17, 15) is 31.5 Å². The van der Waals surface area contributed by atoms with Crippen LogP contribution in [0, 0.1) is 0 Å². The second-order valence-electron chi connectivity index (χ2n) is 7.30. The molecule has 2 saturated heterocycles. The fourth-order valence-electron chi connectivity index (χ4n) is 3.56. The Balaban J connectivity index is 1.83. The number of thioether (sulfide) groups is 1. The Morgan fingerprint density at radius 2 is 2.13 bits per heavy atom. The van der Waals surface area contributed by atoms with Gasteiger partial charge in [0, 0.05) is 37.8 Å². The molecule has 2 aliphatic rings. The quantitative estimate of drug-likeness (QED) is 0.507. The number of halogens is 6. The molecule has 1 aromatic heterocycles. The van der Waals surface area contributed by atoms with E-state index in [2.05, 4.69) is 10.7 Å². The lowest BCUT2D eigenvalue weighted by Crippen LogP contribution is -2.31. The predicted molar refractivity (Wildman–Crippen MR) is 104 cm³/mol. The number of alkyl halides is 6. The van der Waals surface area contributed by atoms with E-state index in [0.717, 1.165) is 10.8 Å². The molecule has 13 heteroatoms. The van der Waals surface area contributed by atoms with Crippen molar-refractivity contribution in [3.05, 3.63) is 28.2 Å². The second kappa shape index (κ2) is 9.01. The molecular weight excluding hydrogens is 455 g/mol. The summed E-state index contributed by atoms with van der Waals surface area (Å²) in [5.41, 5.74) is 2.73. The fourth-order valence-corrected chi connectivity index (χ4v) is 5.45. The molecule has 4 atom stereocenters. The van der Waals surface area contributed by atoms with Crippen LogP contribution in [-0.2, 0) is 11.3 Å². The van der Waals surface area contributed by atoms with Crippen LogP contribution in [0.25, 0.3) is 0 Å². The summed E-state index contributed by atoms with van der Waals surface area (Å²) >= 11 is 6.20. The first-order valence-electron chi connectivity index (χ1n) is 9.10. The van der Waals surface area contributed by atoms with Crippen molar-refractivity contribution >= 4 is 35.0 Å². The van der Waals surface area contributed by atoms with Gasteiger partial charge in [-0.05, 0) is 12.5 Å². The van der Waals surface area contributed by atoms with E-state index in [1.807, 2.05) is 0 Å². The normalized spacial score (nSPS) is 27.7. The summed E-state index contributed by atoms with van der Waals surface area (Å²) in [6.45, 7) is 0.0160. The van der Waals surface area contributed by atoms with Gasteiger partial charge in [-0.3, -0.25) is 15.0 Å². The van der Waals surface area contributed by atoms with Gasteiger partial charge in [0.05, 0.1) is 22.9 Å². The largest absolute Gasteiger partial charge is 0.402 e. The topological polar surface area (TPSA) is 66.4 Å². The molecule has 0 saturated carbocycles. The van der Waals surface area contributed by atoms with Gasteiger partial charge >= 0.3 is 6.18 Å². The number of hydrogen-bond donors (Lipinski definition) is 2. The van der Waals surface area contributed by atoms with Crippen LogP contribution < -0.4 is 16.3 Å². The smallest absolute Gasteiger partial charge is 0.324 e. The number of amides is 1. The first kappa shape index (κ1) is 23.3. The van der Waals surface area contributed by atoms with Crippen molar-refractivity contribution < 1.29 is 26.7 Å². The SMILES string of the molecule is CN1CC(c2cc(NC(=O)C3CC(Cl)C(C(F)(F)F)S3)cn(CC(F)F)c2=O)CN1. The van der Waals surface area contributed by atoms with Gasteiger partial charge in [0.15, 0.2) is 0 Å². The molecule has 0 radical (unpaired) electrons. The summed E-state index contributed by atoms with van der Waals surface area (Å²) in [4.78, 5) is 25.1. The van der Waals surface area contributed by atoms with Crippen LogP contribution in [-0.4, -0.2) is 64.1 Å². The monoisotopic (exact) mass is 474 g/mol. The summed E-state index contributed by atoms with van der Waals surface area (Å²) in [5.74, 6) is -1.00. The summed E-state index contributed by atoms with van der Waals surface area (Å²) in [6, 6.07) is 1.40. The van der Waals surface area contributed by atoms with Gasteiger partial charge in [-0.2, -0.15) is 13.2 Å². The number of aromatic nitrogens is 1. The van der Waals surface area contributed by atoms with Gasteiger partial charge in [-0.25, -0.2) is 13.8 Å². The maximum absolute atomic E-state index is 13.0. The van der Waals surface area contributed by atoms with Crippen molar-refractivity contribution in [3.8, 4) is 0 Å². The summed E-state index contributed by atoms with van der Waals surface area (Å²) in [6.07, 6.45) is -6.42. The van der Waals surface area contributed by atoms with Crippen LogP contribution in [0.5, 0.6) is 0 Å². The minimum atomic E-state index is -4.54. The molecule has 0 aromatic carbocycles. The van der Waals surface area contributed by atoms with Gasteiger partial charge in [0.2, 0.25) is 5.91 Å². The summed E-state index contributed by atoms with van der Waals surface area (Å²) < 4.78 is 65.6. The first-order chi connectivity index (χ1) is 14.0. The highest BCUT2D eigenvalue weighted by atomic mass is 35.5. The lowest BCUT2D eigenvalue weighted by Gasteiger charge is -2.17. The molecule has 0 spiro atoms. The molecule has 2 N–H and O–H groups in total.